The quantitative estimate of drug-likeness (QED) is 0.622. The minimum Gasteiger partial charge on any atom is -0.305 e. The maximum Gasteiger partial charge on any atom is 0.246 e. The van der Waals surface area contributed by atoms with Crippen LogP contribution in [0.2, 0.25) is 0 Å². The van der Waals surface area contributed by atoms with E-state index < -0.39 is 0 Å². The highest BCUT2D eigenvalue weighted by molar-refractivity contribution is 6.05. The number of rotatable bonds is 5. The molecule has 1 saturated heterocycles. The van der Waals surface area contributed by atoms with Crippen molar-refractivity contribution in [3.63, 3.8) is 0 Å². The molecule has 1 aliphatic rings. The number of benzene rings is 1. The Hall–Kier alpha value is -1.68. The lowest BCUT2D eigenvalue weighted by atomic mass is 10.1. The van der Waals surface area contributed by atoms with Crippen molar-refractivity contribution in [2.24, 2.45) is 0 Å². The largest absolute Gasteiger partial charge is 0.305 e. The Morgan fingerprint density at radius 3 is 2.61 bits per heavy atom. The Balaban J connectivity index is 1.70. The summed E-state index contributed by atoms with van der Waals surface area (Å²) in [5.74, 6) is -0.208. The van der Waals surface area contributed by atoms with Gasteiger partial charge in [0.1, 0.15) is 0 Å². The summed E-state index contributed by atoms with van der Waals surface area (Å²) in [5, 5.41) is 3.15. The lowest BCUT2D eigenvalue weighted by molar-refractivity contribution is -0.137. The van der Waals surface area contributed by atoms with Crippen LogP contribution < -0.4 is 5.32 Å². The number of hydrogen-bond donors (Lipinski definition) is 1. The van der Waals surface area contributed by atoms with E-state index in [2.05, 4.69) is 17.4 Å². The first kappa shape index (κ1) is 12.8. The molecule has 0 radical (unpaired) electrons. The second-order valence-corrected chi connectivity index (χ2v) is 4.59. The second kappa shape index (κ2) is 5.78. The van der Waals surface area contributed by atoms with Crippen molar-refractivity contribution >= 4 is 11.8 Å². The molecule has 1 fully saturated rings. The van der Waals surface area contributed by atoms with Crippen LogP contribution in [-0.4, -0.2) is 36.3 Å². The lowest BCUT2D eigenvalue weighted by Crippen LogP contribution is -2.37. The molecule has 1 aromatic rings. The number of carbonyl (C=O) groups is 2. The zero-order valence-electron chi connectivity index (χ0n) is 10.6. The maximum absolute atomic E-state index is 11.6. The van der Waals surface area contributed by atoms with Crippen molar-refractivity contribution in [2.45, 2.75) is 25.3 Å². The van der Waals surface area contributed by atoms with E-state index >= 15 is 0 Å². The van der Waals surface area contributed by atoms with Gasteiger partial charge < -0.3 is 5.32 Å². The molecule has 0 spiro atoms. The maximum atomic E-state index is 11.6. The van der Waals surface area contributed by atoms with Crippen molar-refractivity contribution in [1.29, 1.82) is 0 Å². The molecule has 1 aliphatic heterocycles. The highest BCUT2D eigenvalue weighted by atomic mass is 16.2. The molecule has 0 aliphatic carbocycles. The standard InChI is InChI=1S/C14H18N2O2/c1-16-13(17)10-12(14(16)18)15-9-5-8-11-6-3-2-4-7-11/h2-4,6-7,12,15H,5,8-10H2,1H3. The Bertz CT molecular complexity index is 431. The van der Waals surface area contributed by atoms with Crippen molar-refractivity contribution < 1.29 is 9.59 Å². The Labute approximate surface area is 107 Å². The Morgan fingerprint density at radius 2 is 2.00 bits per heavy atom. The van der Waals surface area contributed by atoms with Crippen LogP contribution in [0.5, 0.6) is 0 Å². The lowest BCUT2D eigenvalue weighted by Gasteiger charge is -2.10. The number of amides is 2. The molecule has 0 bridgehead atoms. The summed E-state index contributed by atoms with van der Waals surface area (Å²) < 4.78 is 0. The summed E-state index contributed by atoms with van der Waals surface area (Å²) in [5.41, 5.74) is 1.30. The van der Waals surface area contributed by atoms with Crippen molar-refractivity contribution in [1.82, 2.24) is 10.2 Å². The Kier molecular flexibility index (Phi) is 4.10. The van der Waals surface area contributed by atoms with Crippen LogP contribution in [0.25, 0.3) is 0 Å². The smallest absolute Gasteiger partial charge is 0.246 e. The third-order valence-electron chi connectivity index (χ3n) is 3.26. The molecule has 18 heavy (non-hydrogen) atoms. The van der Waals surface area contributed by atoms with Gasteiger partial charge >= 0.3 is 0 Å². The zero-order valence-corrected chi connectivity index (χ0v) is 10.6. The summed E-state index contributed by atoms with van der Waals surface area (Å²) in [6.45, 7) is 0.756. The van der Waals surface area contributed by atoms with E-state index in [0.29, 0.717) is 6.42 Å². The van der Waals surface area contributed by atoms with Gasteiger partial charge in [-0.1, -0.05) is 30.3 Å². The zero-order chi connectivity index (χ0) is 13.0. The van der Waals surface area contributed by atoms with Crippen molar-refractivity contribution in [3.8, 4) is 0 Å². The molecule has 96 valence electrons. The van der Waals surface area contributed by atoms with E-state index in [1.165, 1.54) is 17.5 Å². The normalized spacial score (nSPS) is 19.6. The minimum absolute atomic E-state index is 0.0967. The third kappa shape index (κ3) is 2.96. The molecule has 0 aromatic heterocycles. The number of nitrogens with zero attached hydrogens (tertiary/aromatic N) is 1. The topological polar surface area (TPSA) is 49.4 Å². The van der Waals surface area contributed by atoms with Crippen molar-refractivity contribution in [3.05, 3.63) is 35.9 Å². The molecular formula is C14H18N2O2. The van der Waals surface area contributed by atoms with Gasteiger partial charge in [0.05, 0.1) is 12.5 Å². The van der Waals surface area contributed by atoms with Crippen molar-refractivity contribution in [2.75, 3.05) is 13.6 Å². The number of imide groups is 1. The van der Waals surface area contributed by atoms with Crippen LogP contribution in [0, 0.1) is 0 Å². The molecule has 1 N–H and O–H groups in total. The van der Waals surface area contributed by atoms with Gasteiger partial charge in [-0.05, 0) is 24.9 Å². The average molecular weight is 246 g/mol. The van der Waals surface area contributed by atoms with Gasteiger partial charge in [-0.3, -0.25) is 14.5 Å². The molecule has 2 amide bonds. The Morgan fingerprint density at radius 1 is 1.28 bits per heavy atom. The number of carbonyl (C=O) groups excluding carboxylic acids is 2. The van der Waals surface area contributed by atoms with Gasteiger partial charge in [0, 0.05) is 7.05 Å². The number of likely N-dealkylation sites (tertiary alicyclic amines) is 1. The van der Waals surface area contributed by atoms with Gasteiger partial charge in [-0.2, -0.15) is 0 Å². The summed E-state index contributed by atoms with van der Waals surface area (Å²) in [6, 6.07) is 9.92. The second-order valence-electron chi connectivity index (χ2n) is 4.59. The molecule has 1 unspecified atom stereocenters. The van der Waals surface area contributed by atoms with Gasteiger partial charge in [-0.15, -0.1) is 0 Å². The molecule has 1 atom stereocenters. The molecule has 2 rings (SSSR count). The van der Waals surface area contributed by atoms with Gasteiger partial charge in [0.25, 0.3) is 0 Å². The highest BCUT2D eigenvalue weighted by Gasteiger charge is 2.35. The van der Waals surface area contributed by atoms with E-state index in [0.717, 1.165) is 19.4 Å². The summed E-state index contributed by atoms with van der Waals surface area (Å²) in [4.78, 5) is 24.1. The predicted molar refractivity (Wildman–Crippen MR) is 68.9 cm³/mol. The van der Waals surface area contributed by atoms with E-state index in [1.807, 2.05) is 18.2 Å². The first-order valence-corrected chi connectivity index (χ1v) is 6.26. The molecule has 1 aromatic carbocycles. The fourth-order valence-corrected chi connectivity index (χ4v) is 2.13. The van der Waals surface area contributed by atoms with Gasteiger partial charge in [0.15, 0.2) is 0 Å². The SMILES string of the molecule is CN1C(=O)CC(NCCCc2ccccc2)C1=O. The van der Waals surface area contributed by atoms with Crippen LogP contribution in [0.15, 0.2) is 30.3 Å². The van der Waals surface area contributed by atoms with Gasteiger partial charge in [0.2, 0.25) is 11.8 Å². The van der Waals surface area contributed by atoms with E-state index in [4.69, 9.17) is 0 Å². The van der Waals surface area contributed by atoms with Crippen LogP contribution in [-0.2, 0) is 16.0 Å². The van der Waals surface area contributed by atoms with Crippen LogP contribution in [0.1, 0.15) is 18.4 Å². The fraction of sp³-hybridized carbons (Fsp3) is 0.429. The summed E-state index contributed by atoms with van der Waals surface area (Å²) in [7, 11) is 1.54. The molecule has 1 heterocycles. The predicted octanol–water partition coefficient (Wildman–Crippen LogP) is 0.966. The molecule has 4 heteroatoms. The third-order valence-corrected chi connectivity index (χ3v) is 3.26. The number of hydrogen-bond acceptors (Lipinski definition) is 3. The number of nitrogens with one attached hydrogen (secondary N) is 1. The highest BCUT2D eigenvalue weighted by Crippen LogP contribution is 2.10. The van der Waals surface area contributed by atoms with E-state index in [-0.39, 0.29) is 17.9 Å². The van der Waals surface area contributed by atoms with Gasteiger partial charge in [-0.25, -0.2) is 0 Å². The monoisotopic (exact) mass is 246 g/mol. The fourth-order valence-electron chi connectivity index (χ4n) is 2.13. The molecular weight excluding hydrogens is 228 g/mol. The van der Waals surface area contributed by atoms with Crippen LogP contribution in [0.3, 0.4) is 0 Å². The summed E-state index contributed by atoms with van der Waals surface area (Å²) >= 11 is 0. The first-order valence-electron chi connectivity index (χ1n) is 6.26. The van der Waals surface area contributed by atoms with Crippen LogP contribution >= 0.6 is 0 Å². The van der Waals surface area contributed by atoms with Crippen LogP contribution in [0.4, 0.5) is 0 Å². The first-order chi connectivity index (χ1) is 8.68. The number of likely N-dealkylation sites (N-methyl/N-ethyl adjacent to an activating group) is 1. The van der Waals surface area contributed by atoms with E-state index in [1.54, 1.807) is 0 Å². The molecule has 4 nitrogen and oxygen atoms in total. The minimum atomic E-state index is -0.321. The average Bonchev–Trinajstić information content (AvgIpc) is 2.64. The van der Waals surface area contributed by atoms with E-state index in [9.17, 15) is 9.59 Å². The summed E-state index contributed by atoms with van der Waals surface area (Å²) in [6.07, 6.45) is 2.24. The number of aryl methyl sites for hydroxylation is 1. The molecule has 0 saturated carbocycles.